The van der Waals surface area contributed by atoms with E-state index in [1.54, 1.807) is 23.9 Å². The van der Waals surface area contributed by atoms with Crippen molar-refractivity contribution in [3.8, 4) is 0 Å². The van der Waals surface area contributed by atoms with Crippen LogP contribution in [0.15, 0.2) is 30.6 Å². The number of benzene rings is 1. The minimum absolute atomic E-state index is 0.0494. The molecule has 2 rings (SSSR count). The number of Topliss-reactive ketones (excluding diaryl/α,β-unsaturated/α-hetero) is 1. The Morgan fingerprint density at radius 3 is 2.82 bits per heavy atom. The summed E-state index contributed by atoms with van der Waals surface area (Å²) in [7, 11) is 0. The number of ketones is 1. The molecule has 2 aromatic rings. The maximum Gasteiger partial charge on any atom is 0.185 e. The Hall–Kier alpha value is -2.04. The standard InChI is InChI=1S/C12H10F2N2O/c1-8-15-4-5-16(8)7-12(17)10-6-9(13)2-3-11(10)14/h2-6H,7H2,1H3. The lowest BCUT2D eigenvalue weighted by Gasteiger charge is -2.05. The lowest BCUT2D eigenvalue weighted by Crippen LogP contribution is -2.12. The highest BCUT2D eigenvalue weighted by Crippen LogP contribution is 2.11. The summed E-state index contributed by atoms with van der Waals surface area (Å²) in [4.78, 5) is 15.7. The normalized spacial score (nSPS) is 10.5. The SMILES string of the molecule is Cc1nccn1CC(=O)c1cc(F)ccc1F. The maximum atomic E-state index is 13.3. The van der Waals surface area contributed by atoms with Gasteiger partial charge in [-0.25, -0.2) is 13.8 Å². The van der Waals surface area contributed by atoms with Crippen molar-refractivity contribution in [1.82, 2.24) is 9.55 Å². The third-order valence-corrected chi connectivity index (χ3v) is 2.47. The molecular weight excluding hydrogens is 226 g/mol. The van der Waals surface area contributed by atoms with Crippen LogP contribution in [-0.4, -0.2) is 15.3 Å². The minimum atomic E-state index is -0.714. The molecule has 0 unspecified atom stereocenters. The minimum Gasteiger partial charge on any atom is -0.327 e. The Balaban J connectivity index is 2.26. The van der Waals surface area contributed by atoms with Gasteiger partial charge < -0.3 is 4.57 Å². The molecule has 1 heterocycles. The first-order valence-electron chi connectivity index (χ1n) is 5.04. The highest BCUT2D eigenvalue weighted by atomic mass is 19.1. The summed E-state index contributed by atoms with van der Waals surface area (Å²) in [5, 5.41) is 0. The Morgan fingerprint density at radius 2 is 2.18 bits per heavy atom. The van der Waals surface area contributed by atoms with Gasteiger partial charge in [0.05, 0.1) is 12.1 Å². The van der Waals surface area contributed by atoms with Gasteiger partial charge >= 0.3 is 0 Å². The number of hydrogen-bond acceptors (Lipinski definition) is 2. The topological polar surface area (TPSA) is 34.9 Å². The van der Waals surface area contributed by atoms with Crippen molar-refractivity contribution in [2.24, 2.45) is 0 Å². The second-order valence-electron chi connectivity index (χ2n) is 3.65. The van der Waals surface area contributed by atoms with Crippen molar-refractivity contribution >= 4 is 5.78 Å². The lowest BCUT2D eigenvalue weighted by atomic mass is 10.1. The predicted molar refractivity (Wildman–Crippen MR) is 57.7 cm³/mol. The first-order valence-corrected chi connectivity index (χ1v) is 5.04. The Kier molecular flexibility index (Phi) is 2.99. The predicted octanol–water partition coefficient (Wildman–Crippen LogP) is 2.35. The number of nitrogens with zero attached hydrogens (tertiary/aromatic N) is 2. The van der Waals surface area contributed by atoms with Gasteiger partial charge in [-0.1, -0.05) is 0 Å². The molecule has 0 saturated heterocycles. The molecule has 17 heavy (non-hydrogen) atoms. The molecule has 0 aliphatic carbocycles. The van der Waals surface area contributed by atoms with E-state index >= 15 is 0 Å². The zero-order valence-corrected chi connectivity index (χ0v) is 9.15. The highest BCUT2D eigenvalue weighted by Gasteiger charge is 2.13. The van der Waals surface area contributed by atoms with Crippen LogP contribution in [0.3, 0.4) is 0 Å². The number of halogens is 2. The molecule has 0 fully saturated rings. The number of imidazole rings is 1. The van der Waals surface area contributed by atoms with Crippen LogP contribution in [0.25, 0.3) is 0 Å². The quantitative estimate of drug-likeness (QED) is 0.767. The molecule has 88 valence electrons. The molecule has 1 aromatic carbocycles. The third-order valence-electron chi connectivity index (χ3n) is 2.47. The van der Waals surface area contributed by atoms with E-state index in [1.807, 2.05) is 0 Å². The number of aryl methyl sites for hydroxylation is 1. The second kappa shape index (κ2) is 4.45. The number of aromatic nitrogens is 2. The van der Waals surface area contributed by atoms with Gasteiger partial charge in [0.1, 0.15) is 17.5 Å². The van der Waals surface area contributed by atoms with Crippen molar-refractivity contribution in [3.63, 3.8) is 0 Å². The maximum absolute atomic E-state index is 13.3. The Morgan fingerprint density at radius 1 is 1.41 bits per heavy atom. The van der Waals surface area contributed by atoms with E-state index in [9.17, 15) is 13.6 Å². The molecule has 0 radical (unpaired) electrons. The van der Waals surface area contributed by atoms with Crippen LogP contribution in [0.2, 0.25) is 0 Å². The average molecular weight is 236 g/mol. The number of carbonyl (C=O) groups excluding carboxylic acids is 1. The van der Waals surface area contributed by atoms with E-state index in [2.05, 4.69) is 4.98 Å². The molecule has 0 spiro atoms. The van der Waals surface area contributed by atoms with Gasteiger partial charge in [-0.15, -0.1) is 0 Å². The fourth-order valence-corrected chi connectivity index (χ4v) is 1.52. The summed E-state index contributed by atoms with van der Waals surface area (Å²) in [6.07, 6.45) is 3.16. The third kappa shape index (κ3) is 2.38. The molecule has 0 amide bonds. The van der Waals surface area contributed by atoms with Crippen LogP contribution >= 0.6 is 0 Å². The molecular formula is C12H10F2N2O. The average Bonchev–Trinajstić information content (AvgIpc) is 2.68. The largest absolute Gasteiger partial charge is 0.327 e. The molecule has 1 aromatic heterocycles. The monoisotopic (exact) mass is 236 g/mol. The van der Waals surface area contributed by atoms with Gasteiger partial charge in [-0.2, -0.15) is 0 Å². The number of carbonyl (C=O) groups is 1. The van der Waals surface area contributed by atoms with E-state index in [4.69, 9.17) is 0 Å². The molecule has 3 nitrogen and oxygen atoms in total. The molecule has 0 aliphatic heterocycles. The fraction of sp³-hybridized carbons (Fsp3) is 0.167. The van der Waals surface area contributed by atoms with Crippen molar-refractivity contribution in [3.05, 3.63) is 53.6 Å². The van der Waals surface area contributed by atoms with Crippen LogP contribution < -0.4 is 0 Å². The van der Waals surface area contributed by atoms with Crippen molar-refractivity contribution < 1.29 is 13.6 Å². The zero-order valence-electron chi connectivity index (χ0n) is 9.15. The van der Waals surface area contributed by atoms with E-state index in [0.717, 1.165) is 18.2 Å². The Labute approximate surface area is 96.7 Å². The molecule has 0 bridgehead atoms. The molecule has 0 saturated carbocycles. The Bertz CT molecular complexity index is 563. The van der Waals surface area contributed by atoms with Crippen LogP contribution in [0.4, 0.5) is 8.78 Å². The summed E-state index contributed by atoms with van der Waals surface area (Å²) in [5.41, 5.74) is -0.238. The summed E-state index contributed by atoms with van der Waals surface area (Å²) >= 11 is 0. The highest BCUT2D eigenvalue weighted by molar-refractivity contribution is 5.96. The summed E-state index contributed by atoms with van der Waals surface area (Å²) in [5.74, 6) is -1.18. The van der Waals surface area contributed by atoms with Gasteiger partial charge in [0.2, 0.25) is 0 Å². The van der Waals surface area contributed by atoms with Gasteiger partial charge in [0.25, 0.3) is 0 Å². The summed E-state index contributed by atoms with van der Waals surface area (Å²) in [6.45, 7) is 1.68. The number of rotatable bonds is 3. The first kappa shape index (κ1) is 11.4. The van der Waals surface area contributed by atoms with Crippen LogP contribution in [-0.2, 0) is 6.54 Å². The number of hydrogen-bond donors (Lipinski definition) is 0. The molecule has 0 atom stereocenters. The van der Waals surface area contributed by atoms with E-state index in [-0.39, 0.29) is 12.1 Å². The smallest absolute Gasteiger partial charge is 0.185 e. The van der Waals surface area contributed by atoms with Gasteiger partial charge in [-0.05, 0) is 25.1 Å². The van der Waals surface area contributed by atoms with Crippen molar-refractivity contribution in [2.75, 3.05) is 0 Å². The molecule has 0 aliphatic rings. The van der Waals surface area contributed by atoms with Crippen LogP contribution in [0.5, 0.6) is 0 Å². The summed E-state index contributed by atoms with van der Waals surface area (Å²) < 4.78 is 27.8. The van der Waals surface area contributed by atoms with E-state index in [1.165, 1.54) is 0 Å². The van der Waals surface area contributed by atoms with Crippen LogP contribution in [0.1, 0.15) is 16.2 Å². The van der Waals surface area contributed by atoms with E-state index < -0.39 is 17.4 Å². The second-order valence-corrected chi connectivity index (χ2v) is 3.65. The van der Waals surface area contributed by atoms with Gasteiger partial charge in [-0.3, -0.25) is 4.79 Å². The fourth-order valence-electron chi connectivity index (χ4n) is 1.52. The van der Waals surface area contributed by atoms with Crippen molar-refractivity contribution in [2.45, 2.75) is 13.5 Å². The zero-order chi connectivity index (χ0) is 12.4. The molecule has 0 N–H and O–H groups in total. The van der Waals surface area contributed by atoms with Gasteiger partial charge in [0.15, 0.2) is 5.78 Å². The summed E-state index contributed by atoms with van der Waals surface area (Å²) in [6, 6.07) is 2.84. The van der Waals surface area contributed by atoms with Crippen LogP contribution in [0, 0.1) is 18.6 Å². The van der Waals surface area contributed by atoms with Gasteiger partial charge in [0, 0.05) is 12.4 Å². The lowest BCUT2D eigenvalue weighted by molar-refractivity contribution is 0.0967. The molecule has 5 heteroatoms. The van der Waals surface area contributed by atoms with Crippen molar-refractivity contribution in [1.29, 1.82) is 0 Å². The van der Waals surface area contributed by atoms with E-state index in [0.29, 0.717) is 5.82 Å². The first-order chi connectivity index (χ1) is 8.08.